The summed E-state index contributed by atoms with van der Waals surface area (Å²) in [7, 11) is -4.58. The van der Waals surface area contributed by atoms with Crippen LogP contribution in [0.1, 0.15) is 27.7 Å². The van der Waals surface area contributed by atoms with Crippen LogP contribution in [0.3, 0.4) is 0 Å². The summed E-state index contributed by atoms with van der Waals surface area (Å²) in [6.07, 6.45) is 0. The van der Waals surface area contributed by atoms with Crippen LogP contribution in [0.25, 0.3) is 0 Å². The number of hydrogen-bond acceptors (Lipinski definition) is 9. The lowest BCUT2D eigenvalue weighted by Gasteiger charge is -2.29. The van der Waals surface area contributed by atoms with Crippen LogP contribution >= 0.6 is 16.5 Å². The maximum absolute atomic E-state index is 10.6. The number of aliphatic hydroxyl groups is 3. The molecule has 0 radical (unpaired) electrons. The monoisotopic (exact) mass is 377 g/mol. The van der Waals surface area contributed by atoms with Crippen molar-refractivity contribution in [1.29, 1.82) is 0 Å². The fraction of sp³-hybridized carbons (Fsp3) is 1.00. The van der Waals surface area contributed by atoms with E-state index >= 15 is 0 Å². The van der Waals surface area contributed by atoms with E-state index in [4.69, 9.17) is 15.3 Å². The summed E-state index contributed by atoms with van der Waals surface area (Å²) >= 11 is 0. The van der Waals surface area contributed by atoms with E-state index in [1.807, 2.05) is 13.8 Å². The van der Waals surface area contributed by atoms with Crippen molar-refractivity contribution < 1.29 is 37.8 Å². The molecule has 11 heteroatoms. The molecule has 2 unspecified atom stereocenters. The van der Waals surface area contributed by atoms with Gasteiger partial charge in [-0.2, -0.15) is 0 Å². The van der Waals surface area contributed by atoms with Crippen molar-refractivity contribution in [2.45, 2.75) is 33.2 Å². The Bertz CT molecular complexity index is 302. The second kappa shape index (κ2) is 15.4. The molecule has 0 bridgehead atoms. The van der Waals surface area contributed by atoms with Crippen molar-refractivity contribution in [3.8, 4) is 0 Å². The molecule has 0 aromatic rings. The summed E-state index contributed by atoms with van der Waals surface area (Å²) in [6.45, 7) is 7.76. The Balaban J connectivity index is 0. The van der Waals surface area contributed by atoms with E-state index in [1.54, 1.807) is 13.8 Å². The zero-order chi connectivity index (χ0) is 18.3. The SMILES string of the molecule is CC(C)CNC(CO)(CO)CO.CCO[P+](=O)O[P+](=O)OCC. The van der Waals surface area contributed by atoms with Crippen LogP contribution in [0.5, 0.6) is 0 Å². The Morgan fingerprint density at radius 1 is 0.957 bits per heavy atom. The molecule has 138 valence electrons. The standard InChI is InChI=1S/C8H19NO3.C4H10O5P2/c1-7(2)3-9-8(4-10,5-11)6-12;1-3-7-10(5)9-11(6)8-4-2/h7,9-12H,3-6H2,1-2H3;3-4H2,1-2H3/q;+2. The van der Waals surface area contributed by atoms with Gasteiger partial charge in [-0.15, -0.1) is 9.05 Å². The van der Waals surface area contributed by atoms with Gasteiger partial charge in [0.1, 0.15) is 13.2 Å². The first-order chi connectivity index (χ1) is 10.8. The summed E-state index contributed by atoms with van der Waals surface area (Å²) < 4.78 is 34.4. The van der Waals surface area contributed by atoms with E-state index in [-0.39, 0.29) is 33.0 Å². The van der Waals surface area contributed by atoms with Gasteiger partial charge in [0.15, 0.2) is 4.31 Å². The minimum atomic E-state index is -2.29. The first-order valence-corrected chi connectivity index (χ1v) is 9.45. The first kappa shape index (κ1) is 25.2. The average molecular weight is 377 g/mol. The second-order valence-corrected chi connectivity index (χ2v) is 6.96. The molecule has 23 heavy (non-hydrogen) atoms. The molecular formula is C12H29NO8P2+2. The highest BCUT2D eigenvalue weighted by atomic mass is 31.2. The molecule has 0 amide bonds. The van der Waals surface area contributed by atoms with Gasteiger partial charge < -0.3 is 20.6 Å². The topological polar surface area (TPSA) is 135 Å². The molecule has 0 aliphatic heterocycles. The van der Waals surface area contributed by atoms with Crippen LogP contribution in [0, 0.1) is 5.92 Å². The van der Waals surface area contributed by atoms with E-state index in [0.29, 0.717) is 12.5 Å². The van der Waals surface area contributed by atoms with Crippen LogP contribution in [-0.4, -0.2) is 60.4 Å². The van der Waals surface area contributed by atoms with Gasteiger partial charge in [0, 0.05) is 9.13 Å². The van der Waals surface area contributed by atoms with Crippen LogP contribution in [0.15, 0.2) is 0 Å². The second-order valence-electron chi connectivity index (χ2n) is 4.89. The zero-order valence-corrected chi connectivity index (χ0v) is 15.9. The predicted molar refractivity (Wildman–Crippen MR) is 86.4 cm³/mol. The fourth-order valence-corrected chi connectivity index (χ4v) is 2.28. The maximum atomic E-state index is 10.6. The lowest BCUT2D eigenvalue weighted by molar-refractivity contribution is 0.0408. The smallest absolute Gasteiger partial charge is 0.394 e. The van der Waals surface area contributed by atoms with Crippen molar-refractivity contribution in [1.82, 2.24) is 5.32 Å². The molecule has 0 fully saturated rings. The molecule has 0 aromatic carbocycles. The molecule has 2 atom stereocenters. The molecule has 0 saturated heterocycles. The van der Waals surface area contributed by atoms with E-state index in [1.165, 1.54) is 0 Å². The number of rotatable bonds is 12. The average Bonchev–Trinajstić information content (AvgIpc) is 2.50. The Morgan fingerprint density at radius 3 is 1.61 bits per heavy atom. The third-order valence-corrected chi connectivity index (χ3v) is 4.40. The van der Waals surface area contributed by atoms with E-state index in [2.05, 4.69) is 18.7 Å². The van der Waals surface area contributed by atoms with Gasteiger partial charge in [-0.25, -0.2) is 0 Å². The highest BCUT2D eigenvalue weighted by Gasteiger charge is 2.38. The molecule has 0 saturated carbocycles. The van der Waals surface area contributed by atoms with Crippen molar-refractivity contribution in [2.75, 3.05) is 39.6 Å². The highest BCUT2D eigenvalue weighted by Crippen LogP contribution is 2.39. The molecule has 0 aliphatic carbocycles. The minimum absolute atomic E-state index is 0.254. The maximum Gasteiger partial charge on any atom is 0.747 e. The summed E-state index contributed by atoms with van der Waals surface area (Å²) in [5, 5.41) is 29.7. The summed E-state index contributed by atoms with van der Waals surface area (Å²) in [6, 6.07) is 0. The van der Waals surface area contributed by atoms with Gasteiger partial charge in [-0.05, 0) is 26.3 Å². The highest BCUT2D eigenvalue weighted by molar-refractivity contribution is 7.47. The quantitative estimate of drug-likeness (QED) is 0.372. The third kappa shape index (κ3) is 14.0. The molecular weight excluding hydrogens is 348 g/mol. The van der Waals surface area contributed by atoms with E-state index < -0.39 is 22.0 Å². The normalized spacial score (nSPS) is 12.7. The first-order valence-electron chi connectivity index (χ1n) is 7.26. The molecule has 4 N–H and O–H groups in total. The molecule has 0 rings (SSSR count). The molecule has 0 aromatic heterocycles. The Kier molecular flexibility index (Phi) is 16.9. The third-order valence-electron chi connectivity index (χ3n) is 2.40. The molecule has 0 heterocycles. The van der Waals surface area contributed by atoms with Gasteiger partial charge in [0.05, 0.1) is 25.4 Å². The van der Waals surface area contributed by atoms with Crippen LogP contribution in [-0.2, 0) is 22.5 Å². The van der Waals surface area contributed by atoms with Gasteiger partial charge in [-0.3, -0.25) is 0 Å². The fourth-order valence-electron chi connectivity index (χ4n) is 1.05. The summed E-state index contributed by atoms with van der Waals surface area (Å²) in [4.78, 5) is 0. The Morgan fingerprint density at radius 2 is 1.35 bits per heavy atom. The van der Waals surface area contributed by atoms with Crippen LogP contribution < -0.4 is 5.32 Å². The largest absolute Gasteiger partial charge is 0.747 e. The van der Waals surface area contributed by atoms with Crippen LogP contribution in [0.4, 0.5) is 0 Å². The number of nitrogens with one attached hydrogen (secondary N) is 1. The van der Waals surface area contributed by atoms with Gasteiger partial charge in [0.2, 0.25) is 0 Å². The van der Waals surface area contributed by atoms with Crippen LogP contribution in [0.2, 0.25) is 0 Å². The lowest BCUT2D eigenvalue weighted by Crippen LogP contribution is -2.55. The molecule has 0 spiro atoms. The van der Waals surface area contributed by atoms with Gasteiger partial charge in [-0.1, -0.05) is 13.8 Å². The minimum Gasteiger partial charge on any atom is -0.394 e. The summed E-state index contributed by atoms with van der Waals surface area (Å²) in [5.74, 6) is 0.425. The van der Waals surface area contributed by atoms with E-state index in [0.717, 1.165) is 0 Å². The van der Waals surface area contributed by atoms with Crippen molar-refractivity contribution >= 4 is 16.5 Å². The lowest BCUT2D eigenvalue weighted by atomic mass is 10.0. The molecule has 9 nitrogen and oxygen atoms in total. The predicted octanol–water partition coefficient (Wildman–Crippen LogP) is 1.34. The van der Waals surface area contributed by atoms with Gasteiger partial charge in [0.25, 0.3) is 0 Å². The van der Waals surface area contributed by atoms with Gasteiger partial charge >= 0.3 is 16.5 Å². The Labute approximate surface area is 139 Å². The number of hydrogen-bond donors (Lipinski definition) is 4. The van der Waals surface area contributed by atoms with E-state index in [9.17, 15) is 9.13 Å². The zero-order valence-electron chi connectivity index (χ0n) is 14.1. The van der Waals surface area contributed by atoms with Crippen molar-refractivity contribution in [3.63, 3.8) is 0 Å². The van der Waals surface area contributed by atoms with Crippen molar-refractivity contribution in [3.05, 3.63) is 0 Å². The summed E-state index contributed by atoms with van der Waals surface area (Å²) in [5.41, 5.74) is -0.926. The molecule has 0 aliphatic rings. The Hall–Kier alpha value is -0.0800. The number of aliphatic hydroxyl groups excluding tert-OH is 3. The van der Waals surface area contributed by atoms with Crippen molar-refractivity contribution in [2.24, 2.45) is 5.92 Å².